The van der Waals surface area contributed by atoms with Gasteiger partial charge >= 0.3 is 0 Å². The predicted molar refractivity (Wildman–Crippen MR) is 80.1 cm³/mol. The zero-order chi connectivity index (χ0) is 14.2. The van der Waals surface area contributed by atoms with E-state index in [9.17, 15) is 5.11 Å². The van der Waals surface area contributed by atoms with Crippen LogP contribution in [0.1, 0.15) is 45.4 Å². The Morgan fingerprint density at radius 3 is 2.90 bits per heavy atom. The summed E-state index contributed by atoms with van der Waals surface area (Å²) in [5, 5.41) is 13.5. The molecular weight excluding hydrogens is 274 g/mol. The van der Waals surface area contributed by atoms with E-state index in [1.165, 1.54) is 32.1 Å². The van der Waals surface area contributed by atoms with Gasteiger partial charge in [-0.2, -0.15) is 4.37 Å². The van der Waals surface area contributed by atoms with Crippen LogP contribution >= 0.6 is 11.7 Å². The van der Waals surface area contributed by atoms with Crippen molar-refractivity contribution in [3.63, 3.8) is 0 Å². The van der Waals surface area contributed by atoms with E-state index in [0.717, 1.165) is 24.1 Å². The van der Waals surface area contributed by atoms with Gasteiger partial charge in [0, 0.05) is 12.6 Å². The highest BCUT2D eigenvalue weighted by molar-refractivity contribution is 6.99. The lowest BCUT2D eigenvalue weighted by molar-refractivity contribution is 0.0968. The molecular formula is C14H25N3O2S. The third-order valence-electron chi connectivity index (χ3n) is 4.04. The van der Waals surface area contributed by atoms with E-state index in [2.05, 4.69) is 21.0 Å². The van der Waals surface area contributed by atoms with Gasteiger partial charge in [-0.15, -0.1) is 4.37 Å². The molecule has 0 aliphatic heterocycles. The minimum Gasteiger partial charge on any atom is -0.473 e. The molecule has 0 spiro atoms. The molecule has 2 unspecified atom stereocenters. The van der Waals surface area contributed by atoms with E-state index in [4.69, 9.17) is 4.74 Å². The number of aromatic nitrogens is 2. The average molecular weight is 299 g/mol. The highest BCUT2D eigenvalue weighted by Crippen LogP contribution is 2.27. The Balaban J connectivity index is 1.66. The van der Waals surface area contributed by atoms with Gasteiger partial charge in [-0.05, 0) is 25.2 Å². The number of nitrogens with zero attached hydrogens (tertiary/aromatic N) is 2. The lowest BCUT2D eigenvalue weighted by Gasteiger charge is -2.31. The van der Waals surface area contributed by atoms with E-state index < -0.39 is 6.10 Å². The van der Waals surface area contributed by atoms with Crippen molar-refractivity contribution >= 4 is 11.7 Å². The Hall–Kier alpha value is -0.720. The minimum absolute atomic E-state index is 0.263. The smallest absolute Gasteiger partial charge is 0.245 e. The van der Waals surface area contributed by atoms with Crippen molar-refractivity contribution in [3.05, 3.63) is 6.20 Å². The first-order valence-electron chi connectivity index (χ1n) is 7.61. The molecule has 20 heavy (non-hydrogen) atoms. The predicted octanol–water partition coefficient (Wildman–Crippen LogP) is 2.23. The molecule has 5 nitrogen and oxygen atoms in total. The van der Waals surface area contributed by atoms with E-state index in [1.54, 1.807) is 6.20 Å². The van der Waals surface area contributed by atoms with E-state index in [-0.39, 0.29) is 6.61 Å². The molecule has 114 valence electrons. The lowest BCUT2D eigenvalue weighted by atomic mass is 9.83. The molecule has 2 N–H and O–H groups in total. The Morgan fingerprint density at radius 2 is 2.25 bits per heavy atom. The molecule has 1 saturated carbocycles. The maximum Gasteiger partial charge on any atom is 0.245 e. The zero-order valence-corrected chi connectivity index (χ0v) is 12.9. The van der Waals surface area contributed by atoms with Gasteiger partial charge < -0.3 is 15.2 Å². The summed E-state index contributed by atoms with van der Waals surface area (Å²) in [6.45, 7) is 3.06. The first-order valence-corrected chi connectivity index (χ1v) is 8.34. The fourth-order valence-corrected chi connectivity index (χ4v) is 3.29. The molecule has 1 aliphatic carbocycles. The SMILES string of the molecule is CCC(NCC(O)COc1cnsn1)C1CCCCC1. The molecule has 0 saturated heterocycles. The summed E-state index contributed by atoms with van der Waals surface area (Å²) in [4.78, 5) is 0. The van der Waals surface area contributed by atoms with Crippen molar-refractivity contribution in [2.45, 2.75) is 57.6 Å². The van der Waals surface area contributed by atoms with Crippen LogP contribution in [0.3, 0.4) is 0 Å². The summed E-state index contributed by atoms with van der Waals surface area (Å²) in [5.74, 6) is 1.26. The third kappa shape index (κ3) is 5.00. The van der Waals surface area contributed by atoms with Crippen LogP contribution in [-0.4, -0.2) is 39.2 Å². The molecule has 1 fully saturated rings. The minimum atomic E-state index is -0.505. The number of hydrogen-bond acceptors (Lipinski definition) is 6. The lowest BCUT2D eigenvalue weighted by Crippen LogP contribution is -2.42. The van der Waals surface area contributed by atoms with Crippen molar-refractivity contribution in [2.24, 2.45) is 5.92 Å². The van der Waals surface area contributed by atoms with Crippen molar-refractivity contribution in [1.29, 1.82) is 0 Å². The summed E-state index contributed by atoms with van der Waals surface area (Å²) >= 11 is 1.11. The number of nitrogens with one attached hydrogen (secondary N) is 1. The molecule has 1 aromatic rings. The van der Waals surface area contributed by atoms with Crippen molar-refractivity contribution in [1.82, 2.24) is 14.1 Å². The summed E-state index contributed by atoms with van der Waals surface area (Å²) in [5.41, 5.74) is 0. The zero-order valence-electron chi connectivity index (χ0n) is 12.1. The van der Waals surface area contributed by atoms with Gasteiger partial charge in [0.25, 0.3) is 0 Å². The average Bonchev–Trinajstić information content (AvgIpc) is 3.00. The van der Waals surface area contributed by atoms with Crippen LogP contribution in [0.15, 0.2) is 6.20 Å². The topological polar surface area (TPSA) is 67.3 Å². The van der Waals surface area contributed by atoms with Crippen LogP contribution < -0.4 is 10.1 Å². The highest BCUT2D eigenvalue weighted by atomic mass is 32.1. The van der Waals surface area contributed by atoms with Gasteiger partial charge in [-0.1, -0.05) is 26.2 Å². The number of hydrogen-bond donors (Lipinski definition) is 2. The summed E-state index contributed by atoms with van der Waals surface area (Å²) in [6.07, 6.45) is 8.91. The fourth-order valence-electron chi connectivity index (χ4n) is 2.93. The summed E-state index contributed by atoms with van der Waals surface area (Å²) in [6, 6.07) is 0.519. The van der Waals surface area contributed by atoms with E-state index in [1.807, 2.05) is 0 Å². The highest BCUT2D eigenvalue weighted by Gasteiger charge is 2.22. The van der Waals surface area contributed by atoms with Crippen LogP contribution in [0, 0.1) is 5.92 Å². The van der Waals surface area contributed by atoms with Gasteiger partial charge in [0.2, 0.25) is 5.88 Å². The van der Waals surface area contributed by atoms with Gasteiger partial charge in [-0.3, -0.25) is 0 Å². The second-order valence-corrected chi connectivity index (χ2v) is 6.09. The fraction of sp³-hybridized carbons (Fsp3) is 0.857. The normalized spacial score (nSPS) is 19.7. The third-order valence-corrected chi connectivity index (χ3v) is 4.50. The van der Waals surface area contributed by atoms with Gasteiger partial charge in [0.05, 0.1) is 11.7 Å². The van der Waals surface area contributed by atoms with E-state index in [0.29, 0.717) is 18.5 Å². The molecule has 2 rings (SSSR count). The van der Waals surface area contributed by atoms with Gasteiger partial charge in [-0.25, -0.2) is 0 Å². The molecule has 0 radical (unpaired) electrons. The molecule has 0 amide bonds. The van der Waals surface area contributed by atoms with Crippen LogP contribution in [0.5, 0.6) is 5.88 Å². The molecule has 2 atom stereocenters. The second kappa shape index (κ2) is 8.54. The van der Waals surface area contributed by atoms with Crippen LogP contribution in [-0.2, 0) is 0 Å². The van der Waals surface area contributed by atoms with Crippen LogP contribution in [0.4, 0.5) is 0 Å². The Bertz CT molecular complexity index is 355. The number of rotatable bonds is 8. The molecule has 0 bridgehead atoms. The quantitative estimate of drug-likeness (QED) is 0.770. The Kier molecular flexibility index (Phi) is 6.69. The van der Waals surface area contributed by atoms with E-state index >= 15 is 0 Å². The molecule has 1 aliphatic rings. The van der Waals surface area contributed by atoms with Crippen molar-refractivity contribution in [3.8, 4) is 5.88 Å². The maximum absolute atomic E-state index is 9.96. The largest absolute Gasteiger partial charge is 0.473 e. The van der Waals surface area contributed by atoms with Crippen molar-refractivity contribution < 1.29 is 9.84 Å². The second-order valence-electron chi connectivity index (χ2n) is 5.53. The number of ether oxygens (including phenoxy) is 1. The maximum atomic E-state index is 9.96. The van der Waals surface area contributed by atoms with Gasteiger partial charge in [0.1, 0.15) is 18.9 Å². The Labute approximate surface area is 125 Å². The Morgan fingerprint density at radius 1 is 1.45 bits per heavy atom. The first-order chi connectivity index (χ1) is 9.79. The van der Waals surface area contributed by atoms with Crippen molar-refractivity contribution in [2.75, 3.05) is 13.2 Å². The number of aliphatic hydroxyl groups excluding tert-OH is 1. The standard InChI is InChI=1S/C14H25N3O2S/c1-2-13(11-6-4-3-5-7-11)15-8-12(18)10-19-14-9-16-20-17-14/h9,11-13,15,18H,2-8,10H2,1H3. The molecule has 1 aromatic heterocycles. The first kappa shape index (κ1) is 15.7. The summed E-state index contributed by atoms with van der Waals surface area (Å²) < 4.78 is 13.2. The molecule has 6 heteroatoms. The monoisotopic (exact) mass is 299 g/mol. The number of aliphatic hydroxyl groups is 1. The summed E-state index contributed by atoms with van der Waals surface area (Å²) in [7, 11) is 0. The molecule has 1 heterocycles. The molecule has 0 aromatic carbocycles. The van der Waals surface area contributed by atoms with Crippen LogP contribution in [0.25, 0.3) is 0 Å². The van der Waals surface area contributed by atoms with Gasteiger partial charge in [0.15, 0.2) is 0 Å². The van der Waals surface area contributed by atoms with Crippen LogP contribution in [0.2, 0.25) is 0 Å².